The quantitative estimate of drug-likeness (QED) is 0.510. The molecular formula is C22H27NO7. The molecule has 1 aliphatic rings. The monoisotopic (exact) mass is 417 g/mol. The Kier molecular flexibility index (Phi) is 7.52. The second kappa shape index (κ2) is 9.87. The number of carbonyl (C=O) groups is 2. The molecule has 1 aromatic carbocycles. The van der Waals surface area contributed by atoms with E-state index in [1.807, 2.05) is 0 Å². The standard InChI is InChI=1S/C22H27NO7/c1-8-9-30-22(25)19-13(3)23-12(2)18(21(24)29-7)20(19)14-10-16(27-5)17(28-6)11-15(14)26-4/h8,10-11,20,23H,1,9H2,2-7H3. The molecule has 0 aromatic heterocycles. The number of benzene rings is 1. The van der Waals surface area contributed by atoms with Crippen LogP contribution in [0.4, 0.5) is 0 Å². The van der Waals surface area contributed by atoms with E-state index in [1.165, 1.54) is 34.5 Å². The van der Waals surface area contributed by atoms with Gasteiger partial charge in [-0.15, -0.1) is 0 Å². The van der Waals surface area contributed by atoms with Crippen LogP contribution in [-0.4, -0.2) is 47.0 Å². The molecule has 0 radical (unpaired) electrons. The lowest BCUT2D eigenvalue weighted by molar-refractivity contribution is -0.138. The van der Waals surface area contributed by atoms with E-state index in [1.54, 1.807) is 26.0 Å². The number of ether oxygens (including phenoxy) is 5. The van der Waals surface area contributed by atoms with E-state index < -0.39 is 17.9 Å². The van der Waals surface area contributed by atoms with Crippen molar-refractivity contribution in [1.29, 1.82) is 0 Å². The van der Waals surface area contributed by atoms with Crippen molar-refractivity contribution in [2.75, 3.05) is 35.0 Å². The lowest BCUT2D eigenvalue weighted by atomic mass is 9.79. The minimum Gasteiger partial charge on any atom is -0.496 e. The maximum Gasteiger partial charge on any atom is 0.337 e. The van der Waals surface area contributed by atoms with Gasteiger partial charge in [0.05, 0.1) is 45.5 Å². The van der Waals surface area contributed by atoms with Crippen LogP contribution in [0.3, 0.4) is 0 Å². The van der Waals surface area contributed by atoms with Crippen LogP contribution in [0.2, 0.25) is 0 Å². The number of allylic oxidation sites excluding steroid dienone is 2. The third kappa shape index (κ3) is 4.27. The number of carbonyl (C=O) groups excluding carboxylic acids is 2. The smallest absolute Gasteiger partial charge is 0.337 e. The van der Waals surface area contributed by atoms with Crippen LogP contribution in [0.1, 0.15) is 25.3 Å². The average Bonchev–Trinajstić information content (AvgIpc) is 2.75. The molecule has 8 nitrogen and oxygen atoms in total. The van der Waals surface area contributed by atoms with E-state index in [9.17, 15) is 9.59 Å². The van der Waals surface area contributed by atoms with E-state index in [0.29, 0.717) is 34.2 Å². The molecular weight excluding hydrogens is 390 g/mol. The van der Waals surface area contributed by atoms with Gasteiger partial charge in [0.1, 0.15) is 12.4 Å². The predicted molar refractivity (Wildman–Crippen MR) is 111 cm³/mol. The van der Waals surface area contributed by atoms with Crippen molar-refractivity contribution in [2.45, 2.75) is 19.8 Å². The lowest BCUT2D eigenvalue weighted by Gasteiger charge is -2.31. The summed E-state index contributed by atoms with van der Waals surface area (Å²) in [7, 11) is 5.78. The van der Waals surface area contributed by atoms with Crippen molar-refractivity contribution in [3.8, 4) is 17.2 Å². The first kappa shape index (κ1) is 22.9. The number of rotatable bonds is 8. The first-order valence-corrected chi connectivity index (χ1v) is 9.19. The summed E-state index contributed by atoms with van der Waals surface area (Å²) < 4.78 is 26.6. The molecule has 0 fully saturated rings. The van der Waals surface area contributed by atoms with E-state index >= 15 is 0 Å². The molecule has 30 heavy (non-hydrogen) atoms. The van der Waals surface area contributed by atoms with E-state index in [0.717, 1.165) is 0 Å². The van der Waals surface area contributed by atoms with Crippen molar-refractivity contribution in [3.63, 3.8) is 0 Å². The van der Waals surface area contributed by atoms with Crippen molar-refractivity contribution in [1.82, 2.24) is 5.32 Å². The highest BCUT2D eigenvalue weighted by Gasteiger charge is 2.39. The van der Waals surface area contributed by atoms with Crippen LogP contribution in [0.25, 0.3) is 0 Å². The van der Waals surface area contributed by atoms with Gasteiger partial charge in [-0.3, -0.25) is 0 Å². The zero-order valence-electron chi connectivity index (χ0n) is 18.1. The van der Waals surface area contributed by atoms with Gasteiger partial charge in [-0.05, 0) is 19.9 Å². The molecule has 0 saturated carbocycles. The summed E-state index contributed by atoms with van der Waals surface area (Å²) in [4.78, 5) is 25.7. The number of hydrogen-bond donors (Lipinski definition) is 1. The Hall–Kier alpha value is -3.42. The Balaban J connectivity index is 2.81. The summed E-state index contributed by atoms with van der Waals surface area (Å²) in [5.74, 6) is -0.700. The van der Waals surface area contributed by atoms with Gasteiger partial charge < -0.3 is 29.0 Å². The molecule has 8 heteroatoms. The highest BCUT2D eigenvalue weighted by molar-refractivity contribution is 6.00. The number of esters is 2. The molecule has 1 atom stereocenters. The van der Waals surface area contributed by atoms with Gasteiger partial charge in [-0.1, -0.05) is 12.7 Å². The molecule has 0 spiro atoms. The summed E-state index contributed by atoms with van der Waals surface area (Å²) >= 11 is 0. The Morgan fingerprint density at radius 2 is 1.47 bits per heavy atom. The van der Waals surface area contributed by atoms with Gasteiger partial charge in [0.2, 0.25) is 0 Å². The first-order chi connectivity index (χ1) is 14.3. The van der Waals surface area contributed by atoms with Gasteiger partial charge in [-0.2, -0.15) is 0 Å². The van der Waals surface area contributed by atoms with Crippen LogP contribution in [0.15, 0.2) is 47.3 Å². The molecule has 1 N–H and O–H groups in total. The molecule has 0 saturated heterocycles. The SMILES string of the molecule is C=CCOC(=O)C1=C(C)NC(C)=C(C(=O)OC)C1c1cc(OC)c(OC)cc1OC. The van der Waals surface area contributed by atoms with Crippen molar-refractivity contribution >= 4 is 11.9 Å². The zero-order chi connectivity index (χ0) is 22.4. The van der Waals surface area contributed by atoms with E-state index in [2.05, 4.69) is 11.9 Å². The number of hydrogen-bond acceptors (Lipinski definition) is 8. The minimum absolute atomic E-state index is 0.0294. The maximum absolute atomic E-state index is 13.0. The Morgan fingerprint density at radius 1 is 0.933 bits per heavy atom. The molecule has 0 amide bonds. The molecule has 2 rings (SSSR count). The third-order valence-corrected chi connectivity index (χ3v) is 4.76. The van der Waals surface area contributed by atoms with Crippen LogP contribution >= 0.6 is 0 Å². The van der Waals surface area contributed by atoms with Crippen molar-refractivity contribution in [2.24, 2.45) is 0 Å². The third-order valence-electron chi connectivity index (χ3n) is 4.76. The maximum atomic E-state index is 13.0. The average molecular weight is 417 g/mol. The highest BCUT2D eigenvalue weighted by atomic mass is 16.5. The van der Waals surface area contributed by atoms with Crippen LogP contribution in [0.5, 0.6) is 17.2 Å². The van der Waals surface area contributed by atoms with Gasteiger partial charge in [0.15, 0.2) is 11.5 Å². The molecule has 1 aromatic rings. The number of methoxy groups -OCH3 is 4. The number of nitrogens with one attached hydrogen (secondary N) is 1. The Labute approximate surface area is 176 Å². The molecule has 0 bridgehead atoms. The van der Waals surface area contributed by atoms with Gasteiger partial charge in [-0.25, -0.2) is 9.59 Å². The molecule has 162 valence electrons. The van der Waals surface area contributed by atoms with Crippen molar-refractivity contribution in [3.05, 3.63) is 52.9 Å². The molecule has 0 aliphatic carbocycles. The van der Waals surface area contributed by atoms with Gasteiger partial charge >= 0.3 is 11.9 Å². The second-order valence-corrected chi connectivity index (χ2v) is 6.46. The lowest BCUT2D eigenvalue weighted by Crippen LogP contribution is -2.32. The van der Waals surface area contributed by atoms with Crippen LogP contribution in [0, 0.1) is 0 Å². The van der Waals surface area contributed by atoms with Crippen molar-refractivity contribution < 1.29 is 33.3 Å². The molecule has 1 unspecified atom stereocenters. The second-order valence-electron chi connectivity index (χ2n) is 6.46. The largest absolute Gasteiger partial charge is 0.496 e. The summed E-state index contributed by atoms with van der Waals surface area (Å²) in [6.45, 7) is 7.07. The summed E-state index contributed by atoms with van der Waals surface area (Å²) in [5.41, 5.74) is 2.16. The van der Waals surface area contributed by atoms with Gasteiger partial charge in [0.25, 0.3) is 0 Å². The van der Waals surface area contributed by atoms with Gasteiger partial charge in [0, 0.05) is 23.0 Å². The fourth-order valence-corrected chi connectivity index (χ4v) is 3.45. The Bertz CT molecular complexity index is 914. The van der Waals surface area contributed by atoms with E-state index in [-0.39, 0.29) is 17.8 Å². The van der Waals surface area contributed by atoms with Crippen LogP contribution in [-0.2, 0) is 19.1 Å². The highest BCUT2D eigenvalue weighted by Crippen LogP contribution is 2.46. The minimum atomic E-state index is -0.814. The van der Waals surface area contributed by atoms with Crippen LogP contribution < -0.4 is 19.5 Å². The molecule has 1 heterocycles. The zero-order valence-corrected chi connectivity index (χ0v) is 18.1. The summed E-state index contributed by atoms with van der Waals surface area (Å²) in [5, 5.41) is 3.08. The number of dihydropyridines is 1. The Morgan fingerprint density at radius 3 is 1.97 bits per heavy atom. The fraction of sp³-hybridized carbons (Fsp3) is 0.364. The predicted octanol–water partition coefficient (Wildman–Crippen LogP) is 2.85. The molecule has 1 aliphatic heterocycles. The summed E-state index contributed by atoms with van der Waals surface area (Å²) in [6.07, 6.45) is 1.47. The topological polar surface area (TPSA) is 92.3 Å². The fourth-order valence-electron chi connectivity index (χ4n) is 3.45. The summed E-state index contributed by atoms with van der Waals surface area (Å²) in [6, 6.07) is 3.32. The normalized spacial score (nSPS) is 15.9. The first-order valence-electron chi connectivity index (χ1n) is 9.19. The van der Waals surface area contributed by atoms with E-state index in [4.69, 9.17) is 23.7 Å².